The van der Waals surface area contributed by atoms with Crippen molar-refractivity contribution < 1.29 is 20.1 Å². The summed E-state index contributed by atoms with van der Waals surface area (Å²) in [4.78, 5) is 13.0. The number of aromatic nitrogens is 6. The van der Waals surface area contributed by atoms with E-state index in [0.29, 0.717) is 11.2 Å². The fourth-order valence-electron chi connectivity index (χ4n) is 3.65. The number of aliphatic hydroxyl groups excluding tert-OH is 3. The van der Waals surface area contributed by atoms with E-state index in [1.54, 1.807) is 12.4 Å². The van der Waals surface area contributed by atoms with Crippen LogP contribution in [0.3, 0.4) is 0 Å². The van der Waals surface area contributed by atoms with Crippen molar-refractivity contribution in [3.8, 4) is 17.1 Å². The molecule has 4 atom stereocenters. The highest BCUT2D eigenvalue weighted by Gasteiger charge is 2.44. The SMILES string of the molecule is Cc1ccc(-c2cnn(-c3nc(N)c4ncn(C5OC(CO)C(O)C5O)c4n3)c2)cc1. The summed E-state index contributed by atoms with van der Waals surface area (Å²) in [7, 11) is 0. The van der Waals surface area contributed by atoms with Gasteiger partial charge in [0, 0.05) is 11.8 Å². The highest BCUT2D eigenvalue weighted by atomic mass is 16.6. The predicted molar refractivity (Wildman–Crippen MR) is 110 cm³/mol. The van der Waals surface area contributed by atoms with Gasteiger partial charge in [0.25, 0.3) is 5.95 Å². The molecule has 11 nitrogen and oxygen atoms in total. The summed E-state index contributed by atoms with van der Waals surface area (Å²) in [5.74, 6) is 0.356. The van der Waals surface area contributed by atoms with Crippen LogP contribution in [0.1, 0.15) is 11.8 Å². The van der Waals surface area contributed by atoms with Crippen molar-refractivity contribution in [1.29, 1.82) is 0 Å². The van der Waals surface area contributed by atoms with E-state index in [2.05, 4.69) is 20.1 Å². The molecule has 3 aromatic heterocycles. The minimum atomic E-state index is -1.27. The zero-order valence-corrected chi connectivity index (χ0v) is 16.6. The van der Waals surface area contributed by atoms with Crippen molar-refractivity contribution in [2.24, 2.45) is 0 Å². The van der Waals surface area contributed by atoms with E-state index < -0.39 is 31.1 Å². The third-order valence-electron chi connectivity index (χ3n) is 5.40. The van der Waals surface area contributed by atoms with Crippen LogP contribution in [-0.4, -0.2) is 69.5 Å². The molecule has 4 heterocycles. The molecule has 4 unspecified atom stereocenters. The van der Waals surface area contributed by atoms with Gasteiger partial charge in [0.15, 0.2) is 17.7 Å². The first kappa shape index (κ1) is 19.6. The molecule has 5 N–H and O–H groups in total. The number of aliphatic hydroxyl groups is 3. The molecule has 160 valence electrons. The fraction of sp³-hybridized carbons (Fsp3) is 0.300. The quantitative estimate of drug-likeness (QED) is 0.359. The Morgan fingerprint density at radius 2 is 1.87 bits per heavy atom. The van der Waals surface area contributed by atoms with E-state index in [1.807, 2.05) is 31.2 Å². The van der Waals surface area contributed by atoms with Crippen LogP contribution in [0.5, 0.6) is 0 Å². The Morgan fingerprint density at radius 3 is 2.58 bits per heavy atom. The number of nitrogen functional groups attached to an aromatic ring is 1. The topological polar surface area (TPSA) is 157 Å². The van der Waals surface area contributed by atoms with Crippen molar-refractivity contribution in [2.45, 2.75) is 31.5 Å². The van der Waals surface area contributed by atoms with Crippen LogP contribution in [0.25, 0.3) is 28.2 Å². The molecule has 11 heteroatoms. The highest BCUT2D eigenvalue weighted by molar-refractivity contribution is 5.82. The maximum absolute atomic E-state index is 10.4. The van der Waals surface area contributed by atoms with Crippen molar-refractivity contribution in [2.75, 3.05) is 12.3 Å². The van der Waals surface area contributed by atoms with Crippen molar-refractivity contribution in [3.05, 3.63) is 48.5 Å². The Kier molecular flexibility index (Phi) is 4.67. The highest BCUT2D eigenvalue weighted by Crippen LogP contribution is 2.32. The van der Waals surface area contributed by atoms with E-state index >= 15 is 0 Å². The minimum absolute atomic E-state index is 0.137. The average molecular weight is 423 g/mol. The second-order valence-corrected chi connectivity index (χ2v) is 7.50. The Hall–Kier alpha value is -3.38. The van der Waals surface area contributed by atoms with Gasteiger partial charge in [-0.25, -0.2) is 9.67 Å². The summed E-state index contributed by atoms with van der Waals surface area (Å²) in [5, 5.41) is 34.1. The molecule has 1 saturated heterocycles. The largest absolute Gasteiger partial charge is 0.394 e. The van der Waals surface area contributed by atoms with Gasteiger partial charge in [0.2, 0.25) is 0 Å². The standard InChI is InChI=1S/C20H21N7O4/c1-10-2-4-11(5-3-10)12-6-23-27(7-12)20-24-17(21)14-18(25-20)26(9-22-14)19-16(30)15(29)13(8-28)31-19/h2-7,9,13,15-16,19,28-30H,8H2,1H3,(H2,21,24,25). The van der Waals surface area contributed by atoms with Crippen LogP contribution < -0.4 is 5.73 Å². The number of hydrogen-bond acceptors (Lipinski definition) is 9. The molecular formula is C20H21N7O4. The van der Waals surface area contributed by atoms with E-state index in [-0.39, 0.29) is 11.8 Å². The van der Waals surface area contributed by atoms with E-state index in [9.17, 15) is 15.3 Å². The second-order valence-electron chi connectivity index (χ2n) is 7.50. The molecule has 4 aromatic rings. The zero-order valence-electron chi connectivity index (χ0n) is 16.6. The van der Waals surface area contributed by atoms with E-state index in [0.717, 1.165) is 16.7 Å². The van der Waals surface area contributed by atoms with Crippen molar-refractivity contribution in [3.63, 3.8) is 0 Å². The monoisotopic (exact) mass is 423 g/mol. The van der Waals surface area contributed by atoms with Gasteiger partial charge >= 0.3 is 0 Å². The molecule has 0 saturated carbocycles. The summed E-state index contributed by atoms with van der Waals surface area (Å²) < 4.78 is 8.56. The third kappa shape index (κ3) is 3.24. The van der Waals surface area contributed by atoms with Crippen LogP contribution in [0.4, 0.5) is 5.82 Å². The van der Waals surface area contributed by atoms with Crippen LogP contribution >= 0.6 is 0 Å². The molecule has 0 radical (unpaired) electrons. The third-order valence-corrected chi connectivity index (χ3v) is 5.40. The van der Waals surface area contributed by atoms with Gasteiger partial charge in [-0.15, -0.1) is 0 Å². The lowest BCUT2D eigenvalue weighted by molar-refractivity contribution is -0.0511. The fourth-order valence-corrected chi connectivity index (χ4v) is 3.65. The Labute approximate surface area is 176 Å². The predicted octanol–water partition coefficient (Wildman–Crippen LogP) is 0.181. The summed E-state index contributed by atoms with van der Waals surface area (Å²) in [6, 6.07) is 8.05. The lowest BCUT2D eigenvalue weighted by atomic mass is 10.1. The maximum atomic E-state index is 10.4. The summed E-state index contributed by atoms with van der Waals surface area (Å²) >= 11 is 0. The Bertz CT molecular complexity index is 1240. The lowest BCUT2D eigenvalue weighted by Crippen LogP contribution is -2.33. The molecule has 0 bridgehead atoms. The van der Waals surface area contributed by atoms with Gasteiger partial charge in [-0.3, -0.25) is 4.57 Å². The molecule has 31 heavy (non-hydrogen) atoms. The van der Waals surface area contributed by atoms with Gasteiger partial charge in [-0.2, -0.15) is 15.1 Å². The first-order valence-electron chi connectivity index (χ1n) is 9.71. The molecule has 1 fully saturated rings. The number of rotatable bonds is 4. The van der Waals surface area contributed by atoms with Gasteiger partial charge in [0.1, 0.15) is 23.8 Å². The number of fused-ring (bicyclic) bond motifs is 1. The molecule has 0 amide bonds. The second kappa shape index (κ2) is 7.39. The summed E-state index contributed by atoms with van der Waals surface area (Å²) in [6.07, 6.45) is 0.484. The van der Waals surface area contributed by atoms with Crippen molar-refractivity contribution >= 4 is 17.0 Å². The molecule has 0 aliphatic carbocycles. The summed E-state index contributed by atoms with van der Waals surface area (Å²) in [5.41, 5.74) is 9.79. The summed E-state index contributed by atoms with van der Waals surface area (Å²) in [6.45, 7) is 1.59. The van der Waals surface area contributed by atoms with E-state index in [4.69, 9.17) is 10.5 Å². The molecule has 0 spiro atoms. The zero-order chi connectivity index (χ0) is 21.7. The number of anilines is 1. The average Bonchev–Trinajstić information content (AvgIpc) is 3.48. The van der Waals surface area contributed by atoms with Gasteiger partial charge in [0.05, 0.1) is 19.1 Å². The molecule has 1 aromatic carbocycles. The molecule has 5 rings (SSSR count). The first-order valence-corrected chi connectivity index (χ1v) is 9.71. The van der Waals surface area contributed by atoms with Crippen LogP contribution in [-0.2, 0) is 4.74 Å². The Balaban J connectivity index is 1.54. The number of ether oxygens (including phenoxy) is 1. The maximum Gasteiger partial charge on any atom is 0.254 e. The lowest BCUT2D eigenvalue weighted by Gasteiger charge is -2.16. The molecule has 1 aliphatic rings. The molecular weight excluding hydrogens is 402 g/mol. The van der Waals surface area contributed by atoms with Crippen LogP contribution in [0.15, 0.2) is 43.0 Å². The smallest absolute Gasteiger partial charge is 0.254 e. The van der Waals surface area contributed by atoms with Gasteiger partial charge in [-0.05, 0) is 12.5 Å². The minimum Gasteiger partial charge on any atom is -0.394 e. The number of nitrogens with zero attached hydrogens (tertiary/aromatic N) is 6. The number of imidazole rings is 1. The molecule has 1 aliphatic heterocycles. The number of nitrogens with two attached hydrogens (primary N) is 1. The number of hydrogen-bond donors (Lipinski definition) is 4. The van der Waals surface area contributed by atoms with Gasteiger partial charge in [-0.1, -0.05) is 29.8 Å². The van der Waals surface area contributed by atoms with Crippen molar-refractivity contribution in [1.82, 2.24) is 29.3 Å². The van der Waals surface area contributed by atoms with Gasteiger partial charge < -0.3 is 25.8 Å². The normalized spacial score (nSPS) is 23.6. The van der Waals surface area contributed by atoms with Crippen LogP contribution in [0.2, 0.25) is 0 Å². The number of aryl methyl sites for hydroxylation is 1. The van der Waals surface area contributed by atoms with E-state index in [1.165, 1.54) is 15.6 Å². The first-order chi connectivity index (χ1) is 15.0. The Morgan fingerprint density at radius 1 is 1.10 bits per heavy atom. The number of benzene rings is 1. The van der Waals surface area contributed by atoms with Crippen LogP contribution in [0, 0.1) is 6.92 Å².